The third-order valence-corrected chi connectivity index (χ3v) is 3.36. The molecule has 0 saturated heterocycles. The fourth-order valence-corrected chi connectivity index (χ4v) is 2.43. The second-order valence-electron chi connectivity index (χ2n) is 5.04. The molecule has 0 bridgehead atoms. The predicted octanol–water partition coefficient (Wildman–Crippen LogP) is 3.98. The number of benzene rings is 1. The SMILES string of the molecule is CC(C)(O)c1[nH]c2cc(C(F)(F)F)c([N+](=O)[O-])cc2c1Cl. The third kappa shape index (κ3) is 2.68. The summed E-state index contributed by atoms with van der Waals surface area (Å²) in [5, 5.41) is 20.7. The molecule has 0 aliphatic heterocycles. The van der Waals surface area contributed by atoms with Gasteiger partial charge in [0.1, 0.15) is 11.2 Å². The highest BCUT2D eigenvalue weighted by atomic mass is 35.5. The number of nitrogens with one attached hydrogen (secondary N) is 1. The maximum Gasteiger partial charge on any atom is 0.423 e. The number of rotatable bonds is 2. The van der Waals surface area contributed by atoms with Gasteiger partial charge in [-0.05, 0) is 19.9 Å². The first-order valence-electron chi connectivity index (χ1n) is 5.72. The van der Waals surface area contributed by atoms with E-state index in [1.807, 2.05) is 0 Å². The zero-order valence-corrected chi connectivity index (χ0v) is 11.6. The molecule has 2 N–H and O–H groups in total. The van der Waals surface area contributed by atoms with Crippen LogP contribution in [0, 0.1) is 10.1 Å². The summed E-state index contributed by atoms with van der Waals surface area (Å²) in [5.41, 5.74) is -3.83. The van der Waals surface area contributed by atoms with Crippen molar-refractivity contribution in [3.63, 3.8) is 0 Å². The number of nitrogens with zero attached hydrogens (tertiary/aromatic N) is 1. The van der Waals surface area contributed by atoms with Gasteiger partial charge in [-0.2, -0.15) is 13.2 Å². The lowest BCUT2D eigenvalue weighted by Gasteiger charge is -2.15. The van der Waals surface area contributed by atoms with Crippen molar-refractivity contribution in [1.29, 1.82) is 0 Å². The van der Waals surface area contributed by atoms with Crippen molar-refractivity contribution in [3.05, 3.63) is 38.5 Å². The smallest absolute Gasteiger partial charge is 0.384 e. The lowest BCUT2D eigenvalue weighted by molar-refractivity contribution is -0.387. The Morgan fingerprint density at radius 1 is 1.33 bits per heavy atom. The molecule has 0 saturated carbocycles. The number of halogens is 4. The maximum atomic E-state index is 12.9. The molecule has 0 fully saturated rings. The molecule has 2 aromatic rings. The van der Waals surface area contributed by atoms with E-state index in [9.17, 15) is 28.4 Å². The van der Waals surface area contributed by atoms with Gasteiger partial charge >= 0.3 is 6.18 Å². The first-order chi connectivity index (χ1) is 9.43. The number of aliphatic hydroxyl groups is 1. The largest absolute Gasteiger partial charge is 0.423 e. The standard InChI is InChI=1S/C12H10ClF3N2O3/c1-11(2,19)10-9(13)5-3-8(18(20)21)6(12(14,15)16)4-7(5)17-10/h3-4,17,19H,1-2H3. The normalized spacial score (nSPS) is 12.9. The van der Waals surface area contributed by atoms with Gasteiger partial charge in [-0.25, -0.2) is 0 Å². The van der Waals surface area contributed by atoms with Crippen LogP contribution >= 0.6 is 11.6 Å². The van der Waals surface area contributed by atoms with E-state index < -0.39 is 28.0 Å². The second-order valence-corrected chi connectivity index (χ2v) is 5.42. The van der Waals surface area contributed by atoms with Crippen LogP contribution in [0.15, 0.2) is 12.1 Å². The molecule has 1 heterocycles. The molecule has 9 heteroatoms. The van der Waals surface area contributed by atoms with Gasteiger partial charge in [0.2, 0.25) is 0 Å². The van der Waals surface area contributed by atoms with Gasteiger partial charge in [0.15, 0.2) is 0 Å². The highest BCUT2D eigenvalue weighted by molar-refractivity contribution is 6.36. The van der Waals surface area contributed by atoms with Crippen molar-refractivity contribution in [2.45, 2.75) is 25.6 Å². The molecular weight excluding hydrogens is 313 g/mol. The fraction of sp³-hybridized carbons (Fsp3) is 0.333. The molecule has 2 rings (SSSR count). The average molecular weight is 323 g/mol. The summed E-state index contributed by atoms with van der Waals surface area (Å²) < 4.78 is 38.6. The third-order valence-electron chi connectivity index (χ3n) is 2.97. The van der Waals surface area contributed by atoms with Crippen LogP contribution in [-0.4, -0.2) is 15.0 Å². The minimum absolute atomic E-state index is 0.0324. The van der Waals surface area contributed by atoms with E-state index in [1.54, 1.807) is 0 Å². The molecule has 1 aromatic carbocycles. The number of nitro groups is 1. The van der Waals surface area contributed by atoms with E-state index in [0.29, 0.717) is 6.07 Å². The van der Waals surface area contributed by atoms with Crippen LogP contribution in [0.4, 0.5) is 18.9 Å². The van der Waals surface area contributed by atoms with Crippen LogP contribution in [0.1, 0.15) is 25.1 Å². The van der Waals surface area contributed by atoms with E-state index in [0.717, 1.165) is 6.07 Å². The van der Waals surface area contributed by atoms with Crippen molar-refractivity contribution in [1.82, 2.24) is 4.98 Å². The monoisotopic (exact) mass is 322 g/mol. The summed E-state index contributed by atoms with van der Waals surface area (Å²) in [7, 11) is 0. The molecule has 0 aliphatic carbocycles. The van der Waals surface area contributed by atoms with Crippen LogP contribution in [-0.2, 0) is 11.8 Å². The highest BCUT2D eigenvalue weighted by Crippen LogP contribution is 2.42. The molecular formula is C12H10ClF3N2O3. The van der Waals surface area contributed by atoms with Gasteiger partial charge in [0.25, 0.3) is 5.69 Å². The molecule has 0 amide bonds. The molecule has 0 spiro atoms. The maximum absolute atomic E-state index is 12.9. The van der Waals surface area contributed by atoms with Crippen molar-refractivity contribution < 1.29 is 23.2 Å². The Balaban J connectivity index is 2.85. The Morgan fingerprint density at radius 2 is 1.90 bits per heavy atom. The Hall–Kier alpha value is -1.80. The van der Waals surface area contributed by atoms with Crippen LogP contribution < -0.4 is 0 Å². The van der Waals surface area contributed by atoms with Crippen molar-refractivity contribution in [2.75, 3.05) is 0 Å². The van der Waals surface area contributed by atoms with Gasteiger partial charge < -0.3 is 10.1 Å². The van der Waals surface area contributed by atoms with Gasteiger partial charge in [-0.1, -0.05) is 11.6 Å². The highest BCUT2D eigenvalue weighted by Gasteiger charge is 2.39. The predicted molar refractivity (Wildman–Crippen MR) is 70.2 cm³/mol. The van der Waals surface area contributed by atoms with E-state index >= 15 is 0 Å². The number of nitro benzene ring substituents is 1. The Kier molecular flexibility index (Phi) is 3.42. The molecule has 0 aliphatic rings. The van der Waals surface area contributed by atoms with E-state index in [4.69, 9.17) is 11.6 Å². The number of fused-ring (bicyclic) bond motifs is 1. The van der Waals surface area contributed by atoms with E-state index in [-0.39, 0.29) is 21.6 Å². The Morgan fingerprint density at radius 3 is 2.33 bits per heavy atom. The van der Waals surface area contributed by atoms with Crippen molar-refractivity contribution >= 4 is 28.2 Å². The number of alkyl halides is 3. The molecule has 5 nitrogen and oxygen atoms in total. The van der Waals surface area contributed by atoms with Gasteiger partial charge in [-0.3, -0.25) is 10.1 Å². The van der Waals surface area contributed by atoms with Crippen LogP contribution in [0.2, 0.25) is 5.02 Å². The number of hydrogen-bond acceptors (Lipinski definition) is 3. The summed E-state index contributed by atoms with van der Waals surface area (Å²) in [4.78, 5) is 12.3. The lowest BCUT2D eigenvalue weighted by atomic mass is 10.1. The molecule has 0 atom stereocenters. The van der Waals surface area contributed by atoms with Gasteiger partial charge in [-0.15, -0.1) is 0 Å². The molecule has 114 valence electrons. The number of hydrogen-bond donors (Lipinski definition) is 2. The number of H-pyrrole nitrogens is 1. The molecule has 21 heavy (non-hydrogen) atoms. The van der Waals surface area contributed by atoms with Crippen LogP contribution in [0.5, 0.6) is 0 Å². The zero-order valence-electron chi connectivity index (χ0n) is 10.9. The summed E-state index contributed by atoms with van der Waals surface area (Å²) in [5.74, 6) is 0. The fourth-order valence-electron chi connectivity index (χ4n) is 2.00. The van der Waals surface area contributed by atoms with Crippen LogP contribution in [0.25, 0.3) is 10.9 Å². The molecule has 0 unspecified atom stereocenters. The van der Waals surface area contributed by atoms with E-state index in [2.05, 4.69) is 4.98 Å². The number of aromatic amines is 1. The zero-order chi connectivity index (χ0) is 16.2. The minimum atomic E-state index is -4.87. The van der Waals surface area contributed by atoms with Crippen molar-refractivity contribution in [3.8, 4) is 0 Å². The average Bonchev–Trinajstić information content (AvgIpc) is 2.63. The van der Waals surface area contributed by atoms with Gasteiger partial charge in [0, 0.05) is 17.0 Å². The molecule has 0 radical (unpaired) electrons. The first kappa shape index (κ1) is 15.6. The van der Waals surface area contributed by atoms with Crippen molar-refractivity contribution in [2.24, 2.45) is 0 Å². The van der Waals surface area contributed by atoms with E-state index in [1.165, 1.54) is 13.8 Å². The van der Waals surface area contributed by atoms with Crippen LogP contribution in [0.3, 0.4) is 0 Å². The minimum Gasteiger partial charge on any atom is -0.384 e. The van der Waals surface area contributed by atoms with Gasteiger partial charge in [0.05, 0.1) is 15.6 Å². The summed E-state index contributed by atoms with van der Waals surface area (Å²) in [6.07, 6.45) is -4.87. The Bertz CT molecular complexity index is 732. The number of aromatic nitrogens is 1. The lowest BCUT2D eigenvalue weighted by Crippen LogP contribution is -2.16. The summed E-state index contributed by atoms with van der Waals surface area (Å²) in [6.45, 7) is 2.78. The summed E-state index contributed by atoms with van der Waals surface area (Å²) in [6, 6.07) is 1.38. The quantitative estimate of drug-likeness (QED) is 0.648. The second kappa shape index (κ2) is 4.60. The topological polar surface area (TPSA) is 79.2 Å². The first-order valence-corrected chi connectivity index (χ1v) is 6.10. The Labute approximate surface area is 121 Å². The summed E-state index contributed by atoms with van der Waals surface area (Å²) >= 11 is 5.99. The molecule has 1 aromatic heterocycles.